The Kier molecular flexibility index (Phi) is 11.0. The maximum atomic E-state index is 9.99. The number of hydrogen-bond acceptors (Lipinski definition) is 4. The van der Waals surface area contributed by atoms with Crippen LogP contribution in [-0.4, -0.2) is 67.6 Å². The average Bonchev–Trinajstić information content (AvgIpc) is 1.78. The predicted molar refractivity (Wildman–Crippen MR) is 53.1 cm³/mol. The molecule has 0 aromatic rings. The second-order valence-corrected chi connectivity index (χ2v) is 4.54. The molecule has 0 heterocycles. The first kappa shape index (κ1) is 16.2. The Hall–Kier alpha value is 1.79. The summed E-state index contributed by atoms with van der Waals surface area (Å²) in [6.45, 7) is 4.04. The SMILES string of the molecule is CC(C)CCSOS(=O)(=O)O.[BaH2]. The summed E-state index contributed by atoms with van der Waals surface area (Å²) in [6.07, 6.45) is 0.861. The maximum absolute atomic E-state index is 9.99. The van der Waals surface area contributed by atoms with Crippen molar-refractivity contribution in [1.29, 1.82) is 0 Å². The summed E-state index contributed by atoms with van der Waals surface area (Å²) in [5, 5.41) is 0. The van der Waals surface area contributed by atoms with Gasteiger partial charge in [0.15, 0.2) is 0 Å². The van der Waals surface area contributed by atoms with Gasteiger partial charge >= 0.3 is 59.3 Å². The van der Waals surface area contributed by atoms with Gasteiger partial charge in [-0.25, -0.2) is 0 Å². The first-order valence-electron chi connectivity index (χ1n) is 3.20. The van der Waals surface area contributed by atoms with E-state index in [1.807, 2.05) is 13.8 Å². The van der Waals surface area contributed by atoms with Crippen molar-refractivity contribution in [1.82, 2.24) is 0 Å². The predicted octanol–water partition coefficient (Wildman–Crippen LogP) is 0.584. The molecule has 0 atom stereocenters. The minimum atomic E-state index is -4.26. The zero-order valence-electron chi connectivity index (χ0n) is 6.48. The van der Waals surface area contributed by atoms with Gasteiger partial charge in [-0.1, -0.05) is 13.8 Å². The Labute approximate surface area is 118 Å². The first-order valence-corrected chi connectivity index (χ1v) is 5.48. The molecule has 0 rings (SSSR count). The Morgan fingerprint density at radius 1 is 1.50 bits per heavy atom. The molecular weight excluding hydrogens is 326 g/mol. The quantitative estimate of drug-likeness (QED) is 0.344. The molecule has 0 spiro atoms. The first-order chi connectivity index (χ1) is 4.92. The van der Waals surface area contributed by atoms with E-state index >= 15 is 0 Å². The van der Waals surface area contributed by atoms with Crippen molar-refractivity contribution in [2.24, 2.45) is 5.92 Å². The van der Waals surface area contributed by atoms with E-state index in [0.29, 0.717) is 11.7 Å². The average molecular weight is 340 g/mol. The van der Waals surface area contributed by atoms with Gasteiger partial charge in [-0.15, -0.1) is 0 Å². The van der Waals surface area contributed by atoms with E-state index in [4.69, 9.17) is 4.55 Å². The molecule has 0 bridgehead atoms. The van der Waals surface area contributed by atoms with Gasteiger partial charge in [0.1, 0.15) is 0 Å². The summed E-state index contributed by atoms with van der Waals surface area (Å²) in [5.74, 6) is 1.07. The summed E-state index contributed by atoms with van der Waals surface area (Å²) >= 11 is 0.751. The van der Waals surface area contributed by atoms with E-state index in [0.717, 1.165) is 18.5 Å². The van der Waals surface area contributed by atoms with Gasteiger partial charge in [-0.2, -0.15) is 12.0 Å². The van der Waals surface area contributed by atoms with Gasteiger partial charge in [-0.05, 0) is 12.3 Å². The summed E-state index contributed by atoms with van der Waals surface area (Å²) in [5.41, 5.74) is 0. The molecule has 1 N–H and O–H groups in total. The molecule has 0 aliphatic heterocycles. The monoisotopic (exact) mass is 340 g/mol. The van der Waals surface area contributed by atoms with Crippen LogP contribution in [0.25, 0.3) is 0 Å². The topological polar surface area (TPSA) is 63.6 Å². The van der Waals surface area contributed by atoms with Crippen LogP contribution in [0.5, 0.6) is 0 Å². The van der Waals surface area contributed by atoms with E-state index in [-0.39, 0.29) is 48.9 Å². The molecule has 0 aliphatic carbocycles. The van der Waals surface area contributed by atoms with Gasteiger partial charge in [-0.3, -0.25) is 4.55 Å². The van der Waals surface area contributed by atoms with Crippen LogP contribution in [0.4, 0.5) is 0 Å². The van der Waals surface area contributed by atoms with Crippen molar-refractivity contribution in [3.05, 3.63) is 0 Å². The normalized spacial score (nSPS) is 11.3. The summed E-state index contributed by atoms with van der Waals surface area (Å²) < 4.78 is 32.1. The second kappa shape index (κ2) is 8.13. The second-order valence-electron chi connectivity index (χ2n) is 2.50. The summed E-state index contributed by atoms with van der Waals surface area (Å²) in [4.78, 5) is 0. The van der Waals surface area contributed by atoms with Crippen molar-refractivity contribution < 1.29 is 16.6 Å². The number of hydrogen-bond donors (Lipinski definition) is 1. The van der Waals surface area contributed by atoms with E-state index in [1.54, 1.807) is 0 Å². The molecule has 0 saturated heterocycles. The fraction of sp³-hybridized carbons (Fsp3) is 1.00. The van der Waals surface area contributed by atoms with Crippen LogP contribution in [0.3, 0.4) is 0 Å². The summed E-state index contributed by atoms with van der Waals surface area (Å²) in [6, 6.07) is 0. The van der Waals surface area contributed by atoms with E-state index in [2.05, 4.69) is 3.63 Å². The Morgan fingerprint density at radius 2 is 2.00 bits per heavy atom. The molecule has 72 valence electrons. The third kappa shape index (κ3) is 14.3. The molecule has 0 aromatic heterocycles. The molecule has 0 radical (unpaired) electrons. The zero-order chi connectivity index (χ0) is 8.91. The van der Waals surface area contributed by atoms with E-state index in [1.165, 1.54) is 0 Å². The minimum absolute atomic E-state index is 0. The van der Waals surface area contributed by atoms with Gasteiger partial charge in [0, 0.05) is 17.8 Å². The van der Waals surface area contributed by atoms with Crippen LogP contribution in [0.15, 0.2) is 0 Å². The Bertz CT molecular complexity index is 190. The van der Waals surface area contributed by atoms with E-state index < -0.39 is 10.4 Å². The third-order valence-corrected chi connectivity index (χ3v) is 2.39. The van der Waals surface area contributed by atoms with Crippen LogP contribution < -0.4 is 0 Å². The van der Waals surface area contributed by atoms with E-state index in [9.17, 15) is 8.42 Å². The van der Waals surface area contributed by atoms with Gasteiger partial charge in [0.2, 0.25) is 0 Å². The summed E-state index contributed by atoms with van der Waals surface area (Å²) in [7, 11) is -4.26. The van der Waals surface area contributed by atoms with Crippen LogP contribution >= 0.6 is 12.0 Å². The number of rotatable bonds is 5. The molecule has 0 fully saturated rings. The molecule has 4 nitrogen and oxygen atoms in total. The van der Waals surface area contributed by atoms with Gasteiger partial charge in [0.25, 0.3) is 0 Å². The Morgan fingerprint density at radius 3 is 2.33 bits per heavy atom. The van der Waals surface area contributed by atoms with Crippen LogP contribution in [-0.2, 0) is 14.0 Å². The van der Waals surface area contributed by atoms with Crippen LogP contribution in [0, 0.1) is 5.92 Å². The Balaban J connectivity index is 0. The molecule has 12 heavy (non-hydrogen) atoms. The third-order valence-electron chi connectivity index (χ3n) is 0.913. The standard InChI is InChI=1S/C5H12O4S2.Ba.2H/c1-5(2)3-4-10-9-11(6,7)8;;;/h5H,3-4H2,1-2H3,(H,6,7,8);;;. The van der Waals surface area contributed by atoms with Crippen molar-refractivity contribution in [2.75, 3.05) is 5.75 Å². The molecule has 0 amide bonds. The van der Waals surface area contributed by atoms with Crippen molar-refractivity contribution >= 4 is 71.3 Å². The van der Waals surface area contributed by atoms with Gasteiger partial charge in [0.05, 0.1) is 0 Å². The molecule has 0 aromatic carbocycles. The molecular formula is C5H14BaO4S2. The molecule has 7 heteroatoms. The van der Waals surface area contributed by atoms with Crippen molar-refractivity contribution in [3.8, 4) is 0 Å². The van der Waals surface area contributed by atoms with Crippen molar-refractivity contribution in [2.45, 2.75) is 20.3 Å². The fourth-order valence-electron chi connectivity index (χ4n) is 0.379. The zero-order valence-corrected chi connectivity index (χ0v) is 8.11. The molecule has 0 saturated carbocycles. The molecule has 0 aliphatic rings. The fourth-order valence-corrected chi connectivity index (χ4v) is 1.70. The van der Waals surface area contributed by atoms with Gasteiger partial charge < -0.3 is 0 Å². The molecule has 0 unspecified atom stereocenters. The van der Waals surface area contributed by atoms with Crippen molar-refractivity contribution in [3.63, 3.8) is 0 Å². The van der Waals surface area contributed by atoms with Crippen LogP contribution in [0.2, 0.25) is 0 Å². The van der Waals surface area contributed by atoms with Crippen LogP contribution in [0.1, 0.15) is 20.3 Å².